The van der Waals surface area contributed by atoms with Crippen LogP contribution in [0.2, 0.25) is 0 Å². The molecule has 0 bridgehead atoms. The van der Waals surface area contributed by atoms with Crippen molar-refractivity contribution in [2.24, 2.45) is 0 Å². The van der Waals surface area contributed by atoms with Crippen LogP contribution in [0.15, 0.2) is 103 Å². The number of anilines is 1. The lowest BCUT2D eigenvalue weighted by Crippen LogP contribution is -2.11. The molecule has 38 heavy (non-hydrogen) atoms. The Morgan fingerprint density at radius 1 is 0.842 bits per heavy atom. The molecule has 0 aliphatic rings. The van der Waals surface area contributed by atoms with Gasteiger partial charge < -0.3 is 10.3 Å². The summed E-state index contributed by atoms with van der Waals surface area (Å²) in [6.07, 6.45) is 1.82. The first-order valence-corrected chi connectivity index (χ1v) is 12.9. The van der Waals surface area contributed by atoms with Crippen molar-refractivity contribution in [2.75, 3.05) is 5.32 Å². The van der Waals surface area contributed by atoms with Crippen LogP contribution in [-0.2, 0) is 0 Å². The number of H-pyrrole nitrogens is 2. The van der Waals surface area contributed by atoms with Crippen molar-refractivity contribution in [2.45, 2.75) is 0 Å². The van der Waals surface area contributed by atoms with E-state index < -0.39 is 0 Å². The molecule has 5 aromatic heterocycles. The molecule has 0 radical (unpaired) electrons. The Labute approximate surface area is 221 Å². The monoisotopic (exact) mass is 512 g/mol. The highest BCUT2D eigenvalue weighted by Gasteiger charge is 2.16. The first-order chi connectivity index (χ1) is 18.7. The molecule has 0 saturated carbocycles. The highest BCUT2D eigenvalue weighted by atomic mass is 32.1. The molecule has 7 rings (SSSR count). The van der Waals surface area contributed by atoms with Crippen molar-refractivity contribution in [3.05, 3.63) is 108 Å². The lowest BCUT2D eigenvalue weighted by molar-refractivity contribution is 0.102. The fourth-order valence-electron chi connectivity index (χ4n) is 4.59. The van der Waals surface area contributed by atoms with Crippen molar-refractivity contribution in [3.8, 4) is 33.2 Å². The van der Waals surface area contributed by atoms with E-state index in [1.54, 1.807) is 23.5 Å². The van der Waals surface area contributed by atoms with E-state index in [-0.39, 0.29) is 5.91 Å². The Morgan fingerprint density at radius 3 is 2.63 bits per heavy atom. The Kier molecular flexibility index (Phi) is 5.30. The number of benzene rings is 2. The minimum Gasteiger partial charge on any atom is -0.353 e. The van der Waals surface area contributed by atoms with E-state index in [0.717, 1.165) is 55.2 Å². The zero-order valence-corrected chi connectivity index (χ0v) is 20.8. The van der Waals surface area contributed by atoms with Crippen LogP contribution in [0, 0.1) is 0 Å². The maximum absolute atomic E-state index is 12.6. The van der Waals surface area contributed by atoms with Crippen LogP contribution in [0.25, 0.3) is 55.2 Å². The van der Waals surface area contributed by atoms with E-state index in [1.165, 1.54) is 0 Å². The first kappa shape index (κ1) is 22.1. The predicted molar refractivity (Wildman–Crippen MR) is 152 cm³/mol. The standard InChI is InChI=1S/C30H20N6OS/c37-30(18-6-2-1-3-7-18)32-20-9-4-8-19(16-20)22-11-12-24-28(34-22)29(36-35-24)25-17-21-23(33-25)13-14-31-27(21)26-10-5-15-38-26/h1-17,33H,(H,32,37)(H,35,36). The summed E-state index contributed by atoms with van der Waals surface area (Å²) in [6.45, 7) is 0. The number of carbonyl (C=O) groups excluding carboxylic acids is 1. The van der Waals surface area contributed by atoms with Gasteiger partial charge in [-0.1, -0.05) is 36.4 Å². The number of amides is 1. The number of fused-ring (bicyclic) bond motifs is 2. The van der Waals surface area contributed by atoms with Crippen LogP contribution >= 0.6 is 11.3 Å². The number of rotatable bonds is 5. The van der Waals surface area contributed by atoms with Gasteiger partial charge in [-0.2, -0.15) is 5.10 Å². The average Bonchev–Trinajstić information content (AvgIpc) is 3.73. The molecule has 7 aromatic rings. The fraction of sp³-hybridized carbons (Fsp3) is 0. The van der Waals surface area contributed by atoms with Crippen LogP contribution in [0.1, 0.15) is 10.4 Å². The third-order valence-corrected chi connectivity index (χ3v) is 7.29. The van der Waals surface area contributed by atoms with Crippen molar-refractivity contribution in [1.29, 1.82) is 0 Å². The van der Waals surface area contributed by atoms with E-state index in [4.69, 9.17) is 4.98 Å². The van der Waals surface area contributed by atoms with Crippen molar-refractivity contribution in [3.63, 3.8) is 0 Å². The van der Waals surface area contributed by atoms with Crippen LogP contribution < -0.4 is 5.32 Å². The number of aromatic nitrogens is 5. The maximum Gasteiger partial charge on any atom is 0.255 e. The topological polar surface area (TPSA) is 99.4 Å². The van der Waals surface area contributed by atoms with Gasteiger partial charge in [0.1, 0.15) is 11.2 Å². The Morgan fingerprint density at radius 2 is 1.76 bits per heavy atom. The number of nitrogens with one attached hydrogen (secondary N) is 3. The van der Waals surface area contributed by atoms with Crippen LogP contribution in [0.4, 0.5) is 5.69 Å². The Balaban J connectivity index is 1.25. The quantitative estimate of drug-likeness (QED) is 0.228. The summed E-state index contributed by atoms with van der Waals surface area (Å²) < 4.78 is 0. The number of aromatic amines is 2. The van der Waals surface area contributed by atoms with Gasteiger partial charge in [0.25, 0.3) is 5.91 Å². The largest absolute Gasteiger partial charge is 0.353 e. The zero-order valence-electron chi connectivity index (χ0n) is 20.0. The molecule has 5 heterocycles. The summed E-state index contributed by atoms with van der Waals surface area (Å²) in [4.78, 5) is 26.8. The van der Waals surface area contributed by atoms with Gasteiger partial charge in [0.15, 0.2) is 0 Å². The predicted octanol–water partition coefficient (Wildman–Crippen LogP) is 7.15. The zero-order chi connectivity index (χ0) is 25.5. The summed E-state index contributed by atoms with van der Waals surface area (Å²) in [7, 11) is 0. The van der Waals surface area contributed by atoms with Gasteiger partial charge in [-0.15, -0.1) is 11.3 Å². The summed E-state index contributed by atoms with van der Waals surface area (Å²) in [6, 6.07) is 28.9. The SMILES string of the molecule is O=C(Nc1cccc(-c2ccc3[nH]nc(-c4cc5c(-c6cccs6)nccc5[nH]4)c3n2)c1)c1ccccc1. The van der Waals surface area contributed by atoms with Gasteiger partial charge in [-0.3, -0.25) is 14.9 Å². The molecule has 8 heteroatoms. The second-order valence-electron chi connectivity index (χ2n) is 8.85. The van der Waals surface area contributed by atoms with E-state index in [0.29, 0.717) is 11.3 Å². The van der Waals surface area contributed by atoms with E-state index in [2.05, 4.69) is 43.0 Å². The molecule has 0 aliphatic carbocycles. The molecule has 0 aliphatic heterocycles. The van der Waals surface area contributed by atoms with Gasteiger partial charge in [-0.05, 0) is 60.0 Å². The Hall–Kier alpha value is -5.08. The third kappa shape index (κ3) is 3.93. The maximum atomic E-state index is 12.6. The molecule has 2 aromatic carbocycles. The molecular weight excluding hydrogens is 492 g/mol. The van der Waals surface area contributed by atoms with Crippen LogP contribution in [-0.4, -0.2) is 31.1 Å². The van der Waals surface area contributed by atoms with E-state index in [1.807, 2.05) is 72.9 Å². The van der Waals surface area contributed by atoms with Crippen LogP contribution in [0.5, 0.6) is 0 Å². The summed E-state index contributed by atoms with van der Waals surface area (Å²) in [5.41, 5.74) is 8.14. The number of hydrogen-bond donors (Lipinski definition) is 3. The smallest absolute Gasteiger partial charge is 0.255 e. The van der Waals surface area contributed by atoms with Gasteiger partial charge in [0.05, 0.1) is 27.5 Å². The first-order valence-electron chi connectivity index (χ1n) is 12.1. The highest BCUT2D eigenvalue weighted by molar-refractivity contribution is 7.13. The van der Waals surface area contributed by atoms with E-state index >= 15 is 0 Å². The fourth-order valence-corrected chi connectivity index (χ4v) is 5.32. The molecule has 0 fully saturated rings. The van der Waals surface area contributed by atoms with Gasteiger partial charge in [0.2, 0.25) is 0 Å². The molecule has 1 amide bonds. The normalized spacial score (nSPS) is 11.3. The van der Waals surface area contributed by atoms with E-state index in [9.17, 15) is 4.79 Å². The molecule has 0 saturated heterocycles. The summed E-state index contributed by atoms with van der Waals surface area (Å²) >= 11 is 1.67. The molecule has 182 valence electrons. The lowest BCUT2D eigenvalue weighted by Gasteiger charge is -2.08. The minimum absolute atomic E-state index is 0.154. The number of pyridine rings is 2. The van der Waals surface area contributed by atoms with Gasteiger partial charge in [0, 0.05) is 33.9 Å². The van der Waals surface area contributed by atoms with Crippen molar-refractivity contribution < 1.29 is 4.79 Å². The van der Waals surface area contributed by atoms with Gasteiger partial charge >= 0.3 is 0 Å². The lowest BCUT2D eigenvalue weighted by atomic mass is 10.1. The molecule has 7 nitrogen and oxygen atoms in total. The van der Waals surface area contributed by atoms with Crippen LogP contribution in [0.3, 0.4) is 0 Å². The summed E-state index contributed by atoms with van der Waals surface area (Å²) in [5, 5.41) is 13.8. The highest BCUT2D eigenvalue weighted by Crippen LogP contribution is 2.34. The average molecular weight is 513 g/mol. The van der Waals surface area contributed by atoms with Gasteiger partial charge in [-0.25, -0.2) is 4.98 Å². The second-order valence-corrected chi connectivity index (χ2v) is 9.79. The number of thiophene rings is 1. The molecule has 0 spiro atoms. The molecular formula is C30H20N6OS. The second kappa shape index (κ2) is 9.10. The van der Waals surface area contributed by atoms with Crippen molar-refractivity contribution >= 4 is 44.9 Å². The number of nitrogens with zero attached hydrogens (tertiary/aromatic N) is 3. The number of hydrogen-bond acceptors (Lipinski definition) is 5. The molecule has 3 N–H and O–H groups in total. The van der Waals surface area contributed by atoms with Crippen molar-refractivity contribution in [1.82, 2.24) is 25.1 Å². The number of carbonyl (C=O) groups is 1. The molecule has 0 unspecified atom stereocenters. The Bertz CT molecular complexity index is 1920. The third-order valence-electron chi connectivity index (χ3n) is 6.42. The molecule has 0 atom stereocenters. The summed E-state index contributed by atoms with van der Waals surface area (Å²) in [5.74, 6) is -0.154. The minimum atomic E-state index is -0.154.